The molecule has 0 aliphatic rings. The van der Waals surface area contributed by atoms with Crippen LogP contribution in [-0.2, 0) is 0 Å². The largest absolute Gasteiger partial charge is 0.505 e. The third kappa shape index (κ3) is 3.87. The number of phenols is 1. The highest BCUT2D eigenvalue weighted by molar-refractivity contribution is 6.31. The Morgan fingerprint density at radius 1 is 0.931 bits per heavy atom. The average molecular weight is 408 g/mol. The summed E-state index contributed by atoms with van der Waals surface area (Å²) in [5.74, 6) is 0.245. The van der Waals surface area contributed by atoms with Crippen molar-refractivity contribution >= 4 is 28.3 Å². The quantitative estimate of drug-likeness (QED) is 0.439. The predicted molar refractivity (Wildman–Crippen MR) is 114 cm³/mol. The molecule has 0 aliphatic carbocycles. The third-order valence-corrected chi connectivity index (χ3v) is 5.10. The zero-order chi connectivity index (χ0) is 20.5. The standard InChI is InChI=1S/C23H19ClFN3O/c1-13-4-3-5-20(26-13)28-22(17-11-9-16(25)12-19(17)24)18-10-8-15-7-6-14(2)27-21(15)23(18)29/h3-12,22,29H,1-2H3,(H,26,28). The van der Waals surface area contributed by atoms with Crippen molar-refractivity contribution in [2.24, 2.45) is 0 Å². The summed E-state index contributed by atoms with van der Waals surface area (Å²) in [6.07, 6.45) is 0. The first-order valence-electron chi connectivity index (χ1n) is 9.17. The van der Waals surface area contributed by atoms with E-state index in [-0.39, 0.29) is 10.8 Å². The highest BCUT2D eigenvalue weighted by Crippen LogP contribution is 2.38. The van der Waals surface area contributed by atoms with Crippen molar-refractivity contribution in [3.63, 3.8) is 0 Å². The van der Waals surface area contributed by atoms with Crippen LogP contribution in [0.4, 0.5) is 10.2 Å². The summed E-state index contributed by atoms with van der Waals surface area (Å²) >= 11 is 6.37. The zero-order valence-corrected chi connectivity index (χ0v) is 16.7. The smallest absolute Gasteiger partial charge is 0.147 e. The Balaban J connectivity index is 1.90. The van der Waals surface area contributed by atoms with Crippen LogP contribution in [0.3, 0.4) is 0 Å². The number of halogens is 2. The molecule has 6 heteroatoms. The number of hydrogen-bond donors (Lipinski definition) is 2. The first-order chi connectivity index (χ1) is 13.9. The van der Waals surface area contributed by atoms with Gasteiger partial charge in [-0.3, -0.25) is 0 Å². The highest BCUT2D eigenvalue weighted by Gasteiger charge is 2.23. The van der Waals surface area contributed by atoms with E-state index < -0.39 is 11.9 Å². The molecular weight excluding hydrogens is 389 g/mol. The Labute approximate surface area is 173 Å². The van der Waals surface area contributed by atoms with E-state index in [0.717, 1.165) is 16.8 Å². The van der Waals surface area contributed by atoms with Gasteiger partial charge in [0.05, 0.1) is 6.04 Å². The van der Waals surface area contributed by atoms with E-state index in [1.54, 1.807) is 6.07 Å². The molecule has 146 valence electrons. The topological polar surface area (TPSA) is 58.0 Å². The number of pyridine rings is 2. The summed E-state index contributed by atoms with van der Waals surface area (Å²) in [6, 6.07) is 16.8. The number of nitrogens with one attached hydrogen (secondary N) is 1. The van der Waals surface area contributed by atoms with Gasteiger partial charge in [-0.25, -0.2) is 14.4 Å². The molecule has 2 N–H and O–H groups in total. The van der Waals surface area contributed by atoms with Gasteiger partial charge >= 0.3 is 0 Å². The molecule has 0 spiro atoms. The normalized spacial score (nSPS) is 12.1. The van der Waals surface area contributed by atoms with Gasteiger partial charge in [0.2, 0.25) is 0 Å². The molecule has 0 aliphatic heterocycles. The van der Waals surface area contributed by atoms with E-state index in [1.165, 1.54) is 12.1 Å². The Bertz CT molecular complexity index is 1210. The van der Waals surface area contributed by atoms with Gasteiger partial charge in [0.1, 0.15) is 22.9 Å². The summed E-state index contributed by atoms with van der Waals surface area (Å²) in [5, 5.41) is 15.5. The van der Waals surface area contributed by atoms with Gasteiger partial charge in [-0.15, -0.1) is 0 Å². The monoisotopic (exact) mass is 407 g/mol. The van der Waals surface area contributed by atoms with Crippen molar-refractivity contribution in [3.05, 3.63) is 94.0 Å². The number of rotatable bonds is 4. The van der Waals surface area contributed by atoms with E-state index in [2.05, 4.69) is 15.3 Å². The van der Waals surface area contributed by atoms with Gasteiger partial charge < -0.3 is 10.4 Å². The first kappa shape index (κ1) is 19.2. The second-order valence-corrected chi connectivity index (χ2v) is 7.34. The van der Waals surface area contributed by atoms with Crippen molar-refractivity contribution in [2.75, 3.05) is 5.32 Å². The molecule has 4 nitrogen and oxygen atoms in total. The molecule has 2 aromatic carbocycles. The molecule has 0 saturated heterocycles. The second kappa shape index (κ2) is 7.68. The van der Waals surface area contributed by atoms with Crippen molar-refractivity contribution in [1.29, 1.82) is 0 Å². The fourth-order valence-corrected chi connectivity index (χ4v) is 3.63. The van der Waals surface area contributed by atoms with Crippen LogP contribution in [0, 0.1) is 19.7 Å². The van der Waals surface area contributed by atoms with Crippen molar-refractivity contribution in [2.45, 2.75) is 19.9 Å². The van der Waals surface area contributed by atoms with Crippen LogP contribution in [-0.4, -0.2) is 15.1 Å². The van der Waals surface area contributed by atoms with Crippen molar-refractivity contribution < 1.29 is 9.50 Å². The molecule has 0 radical (unpaired) electrons. The van der Waals surface area contributed by atoms with Crippen molar-refractivity contribution in [3.8, 4) is 5.75 Å². The maximum atomic E-state index is 13.6. The minimum atomic E-state index is -0.552. The number of hydrogen-bond acceptors (Lipinski definition) is 4. The summed E-state index contributed by atoms with van der Waals surface area (Å²) in [5.41, 5.74) is 3.35. The van der Waals surface area contributed by atoms with Crippen LogP contribution >= 0.6 is 11.6 Å². The predicted octanol–water partition coefficient (Wildman–Crippen LogP) is 5.95. The molecule has 0 bridgehead atoms. The van der Waals surface area contributed by atoms with Crippen molar-refractivity contribution in [1.82, 2.24) is 9.97 Å². The number of benzene rings is 2. The van der Waals surface area contributed by atoms with E-state index >= 15 is 0 Å². The maximum Gasteiger partial charge on any atom is 0.147 e. The minimum Gasteiger partial charge on any atom is -0.505 e. The molecule has 4 aromatic rings. The molecule has 4 rings (SSSR count). The lowest BCUT2D eigenvalue weighted by Crippen LogP contribution is -2.14. The van der Waals surface area contributed by atoms with Crippen LogP contribution in [0.5, 0.6) is 5.75 Å². The molecule has 29 heavy (non-hydrogen) atoms. The number of anilines is 1. The Morgan fingerprint density at radius 2 is 1.66 bits per heavy atom. The van der Waals surface area contributed by atoms with E-state index in [4.69, 9.17) is 11.6 Å². The van der Waals surface area contributed by atoms with Gasteiger partial charge in [0.15, 0.2) is 0 Å². The maximum absolute atomic E-state index is 13.6. The summed E-state index contributed by atoms with van der Waals surface area (Å²) in [6.45, 7) is 3.76. The van der Waals surface area contributed by atoms with Gasteiger partial charge in [-0.2, -0.15) is 0 Å². The zero-order valence-electron chi connectivity index (χ0n) is 15.9. The molecule has 0 amide bonds. The fraction of sp³-hybridized carbons (Fsp3) is 0.130. The molecular formula is C23H19ClFN3O. The Hall–Kier alpha value is -3.18. The molecule has 2 heterocycles. The molecule has 0 saturated carbocycles. The number of aromatic nitrogens is 2. The molecule has 2 aromatic heterocycles. The molecule has 1 atom stereocenters. The van der Waals surface area contributed by atoms with Gasteiger partial charge in [0.25, 0.3) is 0 Å². The molecule has 0 fully saturated rings. The SMILES string of the molecule is Cc1cccc(NC(c2ccc(F)cc2Cl)c2ccc3ccc(C)nc3c2O)n1. The Morgan fingerprint density at radius 3 is 2.41 bits per heavy atom. The second-order valence-electron chi connectivity index (χ2n) is 6.94. The van der Waals surface area contributed by atoms with Crippen LogP contribution < -0.4 is 5.32 Å². The van der Waals surface area contributed by atoms with E-state index in [0.29, 0.717) is 22.5 Å². The van der Waals surface area contributed by atoms with Gasteiger partial charge in [0, 0.05) is 27.4 Å². The number of nitrogens with zero attached hydrogens (tertiary/aromatic N) is 2. The minimum absolute atomic E-state index is 0.0525. The lowest BCUT2D eigenvalue weighted by Gasteiger charge is -2.23. The number of aromatic hydroxyl groups is 1. The number of aryl methyl sites for hydroxylation is 2. The lowest BCUT2D eigenvalue weighted by atomic mass is 9.96. The summed E-state index contributed by atoms with van der Waals surface area (Å²) in [4.78, 5) is 8.98. The fourth-order valence-electron chi connectivity index (χ4n) is 3.35. The van der Waals surface area contributed by atoms with Crippen LogP contribution in [0.1, 0.15) is 28.6 Å². The van der Waals surface area contributed by atoms with Crippen LogP contribution in [0.25, 0.3) is 10.9 Å². The summed E-state index contributed by atoms with van der Waals surface area (Å²) < 4.78 is 13.6. The molecule has 1 unspecified atom stereocenters. The van der Waals surface area contributed by atoms with E-state index in [1.807, 2.05) is 56.3 Å². The highest BCUT2D eigenvalue weighted by atomic mass is 35.5. The van der Waals surface area contributed by atoms with Gasteiger partial charge in [-0.05, 0) is 49.7 Å². The van der Waals surface area contributed by atoms with Gasteiger partial charge in [-0.1, -0.05) is 41.9 Å². The van der Waals surface area contributed by atoms with Crippen LogP contribution in [0.15, 0.2) is 60.7 Å². The summed E-state index contributed by atoms with van der Waals surface area (Å²) in [7, 11) is 0. The first-order valence-corrected chi connectivity index (χ1v) is 9.54. The average Bonchev–Trinajstić information content (AvgIpc) is 2.68. The lowest BCUT2D eigenvalue weighted by molar-refractivity contribution is 0.471. The van der Waals surface area contributed by atoms with Crippen LogP contribution in [0.2, 0.25) is 5.02 Å². The Kier molecular flexibility index (Phi) is 5.07. The number of fused-ring (bicyclic) bond motifs is 1. The number of phenolic OH excluding ortho intramolecular Hbond substituents is 1. The van der Waals surface area contributed by atoms with E-state index in [9.17, 15) is 9.50 Å². The third-order valence-electron chi connectivity index (χ3n) is 4.77.